The summed E-state index contributed by atoms with van der Waals surface area (Å²) in [6, 6.07) is 11.0. The van der Waals surface area contributed by atoms with Crippen molar-refractivity contribution in [2.24, 2.45) is 17.8 Å². The maximum atomic E-state index is 12.6. The number of Topliss-reactive ketones (excluding diaryl/α,β-unsaturated/α-hetero) is 3. The second kappa shape index (κ2) is 15.9. The third-order valence-corrected chi connectivity index (χ3v) is 6.88. The van der Waals surface area contributed by atoms with E-state index < -0.39 is 5.92 Å². The van der Waals surface area contributed by atoms with E-state index in [4.69, 9.17) is 0 Å². The van der Waals surface area contributed by atoms with E-state index in [1.165, 1.54) is 25.5 Å². The van der Waals surface area contributed by atoms with Gasteiger partial charge in [-0.1, -0.05) is 23.8 Å². The first kappa shape index (κ1) is 33.6. The SMILES string of the molecule is CC(=O)CC(=O)C(CO)C(CCO)CC1CC(=O)c2c(O)ccc(C)c2C1.CC(=O)Nc1ccc(C)cc1.O.[HH].[HH]. The number of hydrogen-bond donors (Lipinski definition) is 4. The van der Waals surface area contributed by atoms with Gasteiger partial charge < -0.3 is 26.1 Å². The molecule has 9 nitrogen and oxygen atoms in total. The monoisotopic (exact) mass is 547 g/mol. The normalized spacial score (nSPS) is 15.5. The summed E-state index contributed by atoms with van der Waals surface area (Å²) in [7, 11) is 0. The first-order valence-electron chi connectivity index (χ1n) is 12.9. The van der Waals surface area contributed by atoms with Gasteiger partial charge >= 0.3 is 0 Å². The number of benzene rings is 2. The minimum absolute atomic E-state index is 0. The number of phenolic OH excluding ortho intramolecular Hbond substituents is 1. The summed E-state index contributed by atoms with van der Waals surface area (Å²) in [4.78, 5) is 46.8. The zero-order chi connectivity index (χ0) is 28.4. The van der Waals surface area contributed by atoms with Gasteiger partial charge in [0.1, 0.15) is 17.3 Å². The molecule has 1 aliphatic rings. The molecular formula is C30H45NO8. The molecule has 218 valence electrons. The quantitative estimate of drug-likeness (QED) is 0.329. The minimum Gasteiger partial charge on any atom is -0.507 e. The van der Waals surface area contributed by atoms with Crippen molar-refractivity contribution >= 4 is 28.9 Å². The van der Waals surface area contributed by atoms with Crippen molar-refractivity contribution in [2.45, 2.75) is 59.8 Å². The predicted molar refractivity (Wildman–Crippen MR) is 153 cm³/mol. The van der Waals surface area contributed by atoms with Gasteiger partial charge in [-0.3, -0.25) is 19.2 Å². The lowest BCUT2D eigenvalue weighted by atomic mass is 9.73. The van der Waals surface area contributed by atoms with Gasteiger partial charge in [0.15, 0.2) is 5.78 Å². The third-order valence-electron chi connectivity index (χ3n) is 6.88. The van der Waals surface area contributed by atoms with Crippen molar-refractivity contribution in [2.75, 3.05) is 18.5 Å². The van der Waals surface area contributed by atoms with Crippen LogP contribution >= 0.6 is 0 Å². The molecule has 6 N–H and O–H groups in total. The van der Waals surface area contributed by atoms with Gasteiger partial charge in [0.2, 0.25) is 5.91 Å². The molecule has 2 aromatic rings. The van der Waals surface area contributed by atoms with Gasteiger partial charge in [-0.15, -0.1) is 0 Å². The van der Waals surface area contributed by atoms with E-state index in [-0.39, 0.29) is 75.2 Å². The van der Waals surface area contributed by atoms with E-state index in [1.54, 1.807) is 6.07 Å². The Morgan fingerprint density at radius 1 is 1.03 bits per heavy atom. The second-order valence-corrected chi connectivity index (χ2v) is 10.1. The smallest absolute Gasteiger partial charge is 0.221 e. The maximum absolute atomic E-state index is 12.6. The summed E-state index contributed by atoms with van der Waals surface area (Å²) in [5.41, 5.74) is 4.19. The highest BCUT2D eigenvalue weighted by atomic mass is 16.3. The van der Waals surface area contributed by atoms with Crippen LogP contribution in [0.25, 0.3) is 0 Å². The van der Waals surface area contributed by atoms with Gasteiger partial charge in [-0.05, 0) is 81.2 Å². The number of aliphatic hydroxyl groups excluding tert-OH is 2. The largest absolute Gasteiger partial charge is 0.507 e. The number of nitrogens with one attached hydrogen (secondary N) is 1. The van der Waals surface area contributed by atoms with E-state index >= 15 is 0 Å². The molecule has 0 fully saturated rings. The van der Waals surface area contributed by atoms with E-state index in [9.17, 15) is 34.5 Å². The number of phenols is 1. The molecule has 0 heterocycles. The first-order chi connectivity index (χ1) is 18.0. The minimum atomic E-state index is -0.720. The fourth-order valence-electron chi connectivity index (χ4n) is 5.01. The number of hydrogen-bond acceptors (Lipinski definition) is 7. The molecule has 3 unspecified atom stereocenters. The zero-order valence-electron chi connectivity index (χ0n) is 23.1. The Morgan fingerprint density at radius 3 is 2.21 bits per heavy atom. The van der Waals surface area contributed by atoms with Crippen molar-refractivity contribution in [3.05, 3.63) is 58.7 Å². The molecule has 2 aromatic carbocycles. The van der Waals surface area contributed by atoms with Crippen molar-refractivity contribution in [1.82, 2.24) is 0 Å². The molecule has 0 aromatic heterocycles. The number of aromatic hydroxyl groups is 1. The molecule has 0 saturated carbocycles. The number of amides is 1. The van der Waals surface area contributed by atoms with Crippen LogP contribution < -0.4 is 5.32 Å². The standard InChI is InChI=1S/C21H28O6.C9H11NO.H2O.2H2/c1-12-3-4-18(25)21-16(12)9-14(10-20(21)27)8-15(5-6-22)17(11-23)19(26)7-13(2)24;1-7-3-5-9(6-4-7)10-8(2)11;;;/h3-4,14-15,17,22-23,25H,5-11H2,1-2H3;3-6H,1-2H3,(H,10,11);1H2;2*1H. The Labute approximate surface area is 232 Å². The van der Waals surface area contributed by atoms with Gasteiger partial charge in [0.25, 0.3) is 0 Å². The average Bonchev–Trinajstić information content (AvgIpc) is 2.83. The summed E-state index contributed by atoms with van der Waals surface area (Å²) < 4.78 is 0. The Bertz CT molecular complexity index is 1150. The summed E-state index contributed by atoms with van der Waals surface area (Å²) in [5.74, 6) is -1.80. The molecule has 0 saturated heterocycles. The Kier molecular flexibility index (Phi) is 13.7. The number of aliphatic hydroxyl groups is 2. The molecule has 1 aliphatic carbocycles. The topological polar surface area (TPSA) is 173 Å². The number of anilines is 1. The van der Waals surface area contributed by atoms with Gasteiger partial charge in [-0.2, -0.15) is 0 Å². The van der Waals surface area contributed by atoms with Crippen LogP contribution in [0.2, 0.25) is 0 Å². The van der Waals surface area contributed by atoms with Crippen molar-refractivity contribution in [3.8, 4) is 5.75 Å². The number of rotatable bonds is 10. The van der Waals surface area contributed by atoms with Crippen LogP contribution in [0.3, 0.4) is 0 Å². The molecule has 0 radical (unpaired) electrons. The molecule has 0 bridgehead atoms. The van der Waals surface area contributed by atoms with Crippen LogP contribution in [-0.2, 0) is 20.8 Å². The van der Waals surface area contributed by atoms with Crippen LogP contribution in [0.5, 0.6) is 5.75 Å². The highest BCUT2D eigenvalue weighted by Gasteiger charge is 2.34. The van der Waals surface area contributed by atoms with E-state index in [0.717, 1.165) is 16.8 Å². The Morgan fingerprint density at radius 2 is 1.67 bits per heavy atom. The van der Waals surface area contributed by atoms with Gasteiger partial charge in [0.05, 0.1) is 18.6 Å². The third kappa shape index (κ3) is 10.0. The predicted octanol–water partition coefficient (Wildman–Crippen LogP) is 3.61. The zero-order valence-corrected chi connectivity index (χ0v) is 23.1. The van der Waals surface area contributed by atoms with Crippen LogP contribution in [0.15, 0.2) is 36.4 Å². The van der Waals surface area contributed by atoms with E-state index in [1.807, 2.05) is 38.1 Å². The lowest BCUT2D eigenvalue weighted by Gasteiger charge is -2.31. The fraction of sp³-hybridized carbons (Fsp3) is 0.467. The van der Waals surface area contributed by atoms with Crippen molar-refractivity contribution < 1.29 is 42.8 Å². The number of aryl methyl sites for hydroxylation is 2. The van der Waals surface area contributed by atoms with Crippen LogP contribution in [0, 0.1) is 31.6 Å². The Hall–Kier alpha value is -3.40. The molecule has 0 aliphatic heterocycles. The van der Waals surface area contributed by atoms with E-state index in [2.05, 4.69) is 5.32 Å². The van der Waals surface area contributed by atoms with Crippen molar-refractivity contribution in [3.63, 3.8) is 0 Å². The molecule has 0 spiro atoms. The fourth-order valence-corrected chi connectivity index (χ4v) is 5.01. The van der Waals surface area contributed by atoms with Crippen molar-refractivity contribution in [1.29, 1.82) is 0 Å². The summed E-state index contributed by atoms with van der Waals surface area (Å²) in [6.45, 7) is 6.22. The molecule has 39 heavy (non-hydrogen) atoms. The molecule has 3 rings (SSSR count). The summed E-state index contributed by atoms with van der Waals surface area (Å²) >= 11 is 0. The number of ketones is 3. The van der Waals surface area contributed by atoms with Crippen LogP contribution in [0.4, 0.5) is 5.69 Å². The summed E-state index contributed by atoms with van der Waals surface area (Å²) in [5, 5.41) is 31.8. The Balaban J connectivity index is 0. The second-order valence-electron chi connectivity index (χ2n) is 10.1. The average molecular weight is 548 g/mol. The van der Waals surface area contributed by atoms with Crippen LogP contribution in [-0.4, -0.2) is 57.3 Å². The lowest BCUT2D eigenvalue weighted by Crippen LogP contribution is -2.32. The first-order valence-corrected chi connectivity index (χ1v) is 12.9. The van der Waals surface area contributed by atoms with Crippen LogP contribution in [0.1, 0.15) is 69.4 Å². The summed E-state index contributed by atoms with van der Waals surface area (Å²) in [6.07, 6.45) is 1.45. The maximum Gasteiger partial charge on any atom is 0.221 e. The number of fused-ring (bicyclic) bond motifs is 1. The van der Waals surface area contributed by atoms with Gasteiger partial charge in [-0.25, -0.2) is 0 Å². The lowest BCUT2D eigenvalue weighted by molar-refractivity contribution is -0.131. The number of carbonyl (C=O) groups excluding carboxylic acids is 4. The van der Waals surface area contributed by atoms with Gasteiger partial charge in [0, 0.05) is 34.4 Å². The van der Waals surface area contributed by atoms with E-state index in [0.29, 0.717) is 24.8 Å². The highest BCUT2D eigenvalue weighted by molar-refractivity contribution is 6.01. The molecule has 1 amide bonds. The highest BCUT2D eigenvalue weighted by Crippen LogP contribution is 2.38. The molecule has 3 atom stereocenters. The number of carbonyl (C=O) groups is 4. The molecule has 9 heteroatoms. The molecular weight excluding hydrogens is 502 g/mol.